The van der Waals surface area contributed by atoms with Gasteiger partial charge in [0.1, 0.15) is 0 Å². The number of benzene rings is 2. The highest BCUT2D eigenvalue weighted by atomic mass is 32.2. The van der Waals surface area contributed by atoms with Gasteiger partial charge in [-0.1, -0.05) is 6.07 Å². The quantitative estimate of drug-likeness (QED) is 0.733. The van der Waals surface area contributed by atoms with Gasteiger partial charge < -0.3 is 5.32 Å². The molecular weight excluding hydrogens is 364 g/mol. The summed E-state index contributed by atoms with van der Waals surface area (Å²) in [6, 6.07) is 13.5. The van der Waals surface area contributed by atoms with Gasteiger partial charge in [-0.25, -0.2) is 17.4 Å². The number of aromatic nitrogens is 2. The van der Waals surface area contributed by atoms with Crippen molar-refractivity contribution in [2.45, 2.75) is 11.8 Å². The van der Waals surface area contributed by atoms with Gasteiger partial charge in [0.25, 0.3) is 5.91 Å². The van der Waals surface area contributed by atoms with E-state index < -0.39 is 10.0 Å². The van der Waals surface area contributed by atoms with Crippen LogP contribution in [0.3, 0.4) is 0 Å². The summed E-state index contributed by atoms with van der Waals surface area (Å²) in [6.07, 6.45) is 3.49. The topological polar surface area (TPSA) is 84.3 Å². The minimum absolute atomic E-state index is 0.127. The Balaban J connectivity index is 1.83. The normalized spacial score (nSPS) is 11.6. The van der Waals surface area contributed by atoms with Gasteiger partial charge in [0.05, 0.1) is 10.6 Å². The molecule has 0 atom stereocenters. The Labute approximate surface area is 158 Å². The zero-order valence-electron chi connectivity index (χ0n) is 15.2. The number of rotatable bonds is 5. The van der Waals surface area contributed by atoms with E-state index in [1.165, 1.54) is 26.2 Å². The van der Waals surface area contributed by atoms with E-state index in [1.54, 1.807) is 41.2 Å². The molecule has 1 amide bonds. The van der Waals surface area contributed by atoms with E-state index in [1.807, 2.05) is 19.2 Å². The number of hydrogen-bond donors (Lipinski definition) is 1. The van der Waals surface area contributed by atoms with Crippen LogP contribution in [0.15, 0.2) is 65.8 Å². The maximum absolute atomic E-state index is 12.6. The Kier molecular flexibility index (Phi) is 5.11. The predicted octanol–water partition coefficient (Wildman–Crippen LogP) is 2.68. The molecule has 0 spiro atoms. The SMILES string of the molecule is Cc1ccc(S(=O)(=O)N(C)C)cc1NC(=O)c1ccc(-n2cccn2)cc1. The number of hydrogen-bond acceptors (Lipinski definition) is 4. The van der Waals surface area contributed by atoms with Crippen molar-refractivity contribution in [3.8, 4) is 5.69 Å². The zero-order valence-corrected chi connectivity index (χ0v) is 16.1. The van der Waals surface area contributed by atoms with Gasteiger partial charge in [0.15, 0.2) is 0 Å². The number of sulfonamides is 1. The summed E-state index contributed by atoms with van der Waals surface area (Å²) >= 11 is 0. The highest BCUT2D eigenvalue weighted by Crippen LogP contribution is 2.22. The van der Waals surface area contributed by atoms with Gasteiger partial charge in [-0.2, -0.15) is 5.10 Å². The van der Waals surface area contributed by atoms with Crippen molar-refractivity contribution < 1.29 is 13.2 Å². The van der Waals surface area contributed by atoms with Crippen LogP contribution in [0.2, 0.25) is 0 Å². The standard InChI is InChI=1S/C19H20N4O3S/c1-14-5-10-17(27(25,26)22(2)3)13-18(14)21-19(24)15-6-8-16(9-7-15)23-12-4-11-20-23/h4-13H,1-3H3,(H,21,24). The Morgan fingerprint density at radius 2 is 1.81 bits per heavy atom. The summed E-state index contributed by atoms with van der Waals surface area (Å²) in [5.74, 6) is -0.315. The van der Waals surface area contributed by atoms with Crippen LogP contribution in [0.1, 0.15) is 15.9 Å². The molecule has 0 aliphatic carbocycles. The van der Waals surface area contributed by atoms with Crippen molar-refractivity contribution in [3.63, 3.8) is 0 Å². The van der Waals surface area contributed by atoms with Crippen LogP contribution in [-0.2, 0) is 10.0 Å². The second-order valence-corrected chi connectivity index (χ2v) is 8.37. The first kappa shape index (κ1) is 18.8. The molecule has 0 aliphatic heterocycles. The number of amides is 1. The third-order valence-corrected chi connectivity index (χ3v) is 5.95. The number of anilines is 1. The first-order valence-electron chi connectivity index (χ1n) is 8.23. The maximum Gasteiger partial charge on any atom is 0.255 e. The Bertz CT molecular complexity index is 1060. The number of carbonyl (C=O) groups excluding carboxylic acids is 1. The Hall–Kier alpha value is -2.97. The van der Waals surface area contributed by atoms with Gasteiger partial charge >= 0.3 is 0 Å². The average Bonchev–Trinajstić information content (AvgIpc) is 3.18. The van der Waals surface area contributed by atoms with Gasteiger partial charge in [-0.3, -0.25) is 4.79 Å². The predicted molar refractivity (Wildman–Crippen MR) is 104 cm³/mol. The molecule has 0 saturated carbocycles. The molecule has 3 aromatic rings. The highest BCUT2D eigenvalue weighted by molar-refractivity contribution is 7.89. The third kappa shape index (κ3) is 3.91. The van der Waals surface area contributed by atoms with E-state index in [9.17, 15) is 13.2 Å². The first-order valence-corrected chi connectivity index (χ1v) is 9.67. The average molecular weight is 384 g/mol. The van der Waals surface area contributed by atoms with E-state index in [4.69, 9.17) is 0 Å². The second kappa shape index (κ2) is 7.34. The van der Waals surface area contributed by atoms with Gasteiger partial charge in [0, 0.05) is 37.7 Å². The summed E-state index contributed by atoms with van der Waals surface area (Å²) < 4.78 is 27.4. The third-order valence-electron chi connectivity index (χ3n) is 4.13. The largest absolute Gasteiger partial charge is 0.322 e. The molecule has 8 heteroatoms. The highest BCUT2D eigenvalue weighted by Gasteiger charge is 2.19. The molecule has 1 heterocycles. The molecule has 7 nitrogen and oxygen atoms in total. The lowest BCUT2D eigenvalue weighted by molar-refractivity contribution is 0.102. The fourth-order valence-corrected chi connectivity index (χ4v) is 3.42. The molecule has 0 bridgehead atoms. The molecular formula is C19H20N4O3S. The molecule has 3 rings (SSSR count). The van der Waals surface area contributed by atoms with Crippen LogP contribution >= 0.6 is 0 Å². The molecule has 0 radical (unpaired) electrons. The number of nitrogens with zero attached hydrogens (tertiary/aromatic N) is 3. The lowest BCUT2D eigenvalue weighted by atomic mass is 10.1. The molecule has 2 aromatic carbocycles. The van der Waals surface area contributed by atoms with Gasteiger partial charge in [0.2, 0.25) is 10.0 Å². The summed E-state index contributed by atoms with van der Waals surface area (Å²) in [7, 11) is -0.641. The number of nitrogens with one attached hydrogen (secondary N) is 1. The first-order chi connectivity index (χ1) is 12.8. The summed E-state index contributed by atoms with van der Waals surface area (Å²) in [6.45, 7) is 1.81. The fourth-order valence-electron chi connectivity index (χ4n) is 2.49. The van der Waals surface area contributed by atoms with E-state index in [0.717, 1.165) is 15.6 Å². The van der Waals surface area contributed by atoms with Gasteiger partial charge in [-0.15, -0.1) is 0 Å². The molecule has 0 unspecified atom stereocenters. The minimum Gasteiger partial charge on any atom is -0.322 e. The van der Waals surface area contributed by atoms with Gasteiger partial charge in [-0.05, 0) is 55.0 Å². The van der Waals surface area contributed by atoms with Crippen molar-refractivity contribution in [3.05, 3.63) is 72.1 Å². The molecule has 1 aromatic heterocycles. The molecule has 0 aliphatic rings. The van der Waals surface area contributed by atoms with E-state index >= 15 is 0 Å². The van der Waals surface area contributed by atoms with Crippen LogP contribution < -0.4 is 5.32 Å². The van der Waals surface area contributed by atoms with Crippen LogP contribution in [0.25, 0.3) is 5.69 Å². The Morgan fingerprint density at radius 1 is 1.11 bits per heavy atom. The molecule has 27 heavy (non-hydrogen) atoms. The minimum atomic E-state index is -3.57. The monoisotopic (exact) mass is 384 g/mol. The van der Waals surface area contributed by atoms with Crippen LogP contribution in [-0.4, -0.2) is 42.5 Å². The fraction of sp³-hybridized carbons (Fsp3) is 0.158. The van der Waals surface area contributed by atoms with E-state index in [-0.39, 0.29) is 10.8 Å². The van der Waals surface area contributed by atoms with E-state index in [0.29, 0.717) is 11.3 Å². The molecule has 0 fully saturated rings. The van der Waals surface area contributed by atoms with Crippen molar-refractivity contribution >= 4 is 21.6 Å². The van der Waals surface area contributed by atoms with Crippen LogP contribution in [0.5, 0.6) is 0 Å². The summed E-state index contributed by atoms with van der Waals surface area (Å²) in [5, 5.41) is 6.93. The second-order valence-electron chi connectivity index (χ2n) is 6.22. The Morgan fingerprint density at radius 3 is 2.41 bits per heavy atom. The smallest absolute Gasteiger partial charge is 0.255 e. The summed E-state index contributed by atoms with van der Waals surface area (Å²) in [5.41, 5.74) is 2.53. The maximum atomic E-state index is 12.6. The van der Waals surface area contributed by atoms with Crippen molar-refractivity contribution in [1.29, 1.82) is 0 Å². The number of aryl methyl sites for hydroxylation is 1. The lowest BCUT2D eigenvalue weighted by Gasteiger charge is -2.14. The van der Waals surface area contributed by atoms with Crippen LogP contribution in [0, 0.1) is 6.92 Å². The molecule has 0 saturated heterocycles. The van der Waals surface area contributed by atoms with Crippen molar-refractivity contribution in [2.75, 3.05) is 19.4 Å². The number of carbonyl (C=O) groups is 1. The zero-order chi connectivity index (χ0) is 19.6. The van der Waals surface area contributed by atoms with E-state index in [2.05, 4.69) is 10.4 Å². The van der Waals surface area contributed by atoms with Crippen molar-refractivity contribution in [2.24, 2.45) is 0 Å². The molecule has 140 valence electrons. The van der Waals surface area contributed by atoms with Crippen molar-refractivity contribution in [1.82, 2.24) is 14.1 Å². The molecule has 1 N–H and O–H groups in total. The van der Waals surface area contributed by atoms with Crippen LogP contribution in [0.4, 0.5) is 5.69 Å². The lowest BCUT2D eigenvalue weighted by Crippen LogP contribution is -2.22. The summed E-state index contributed by atoms with van der Waals surface area (Å²) in [4.78, 5) is 12.7.